The molecule has 0 saturated carbocycles. The Hall–Kier alpha value is -3.81. The maximum Gasteiger partial charge on any atom is 0.269 e. The van der Waals surface area contributed by atoms with E-state index in [1.165, 1.54) is 12.1 Å². The summed E-state index contributed by atoms with van der Waals surface area (Å²) >= 11 is 0. The first-order valence-electron chi connectivity index (χ1n) is 10.2. The molecular formula is C23H23N5O3. The van der Waals surface area contributed by atoms with Gasteiger partial charge in [0, 0.05) is 42.4 Å². The number of piperidine rings is 1. The van der Waals surface area contributed by atoms with E-state index >= 15 is 0 Å². The zero-order valence-electron chi connectivity index (χ0n) is 17.2. The molecule has 8 nitrogen and oxygen atoms in total. The average molecular weight is 417 g/mol. The number of hydrogen-bond acceptors (Lipinski definition) is 6. The fraction of sp³-hybridized carbons (Fsp3) is 0.261. The quantitative estimate of drug-likeness (QED) is 0.493. The third kappa shape index (κ3) is 4.69. The van der Waals surface area contributed by atoms with Crippen LogP contribution in [0.2, 0.25) is 0 Å². The first-order valence-corrected chi connectivity index (χ1v) is 10.2. The van der Waals surface area contributed by atoms with E-state index in [4.69, 9.17) is 0 Å². The highest BCUT2D eigenvalue weighted by atomic mass is 16.6. The normalized spacial score (nSPS) is 14.3. The van der Waals surface area contributed by atoms with Gasteiger partial charge >= 0.3 is 0 Å². The van der Waals surface area contributed by atoms with Crippen LogP contribution < -0.4 is 10.2 Å². The summed E-state index contributed by atoms with van der Waals surface area (Å²) < 4.78 is 0. The Balaban J connectivity index is 1.33. The SMILES string of the molecule is Cc1ccccc1-c1ccc(N2CCC(C(=O)Nc3ccc([N+](=O)[O-])cc3)CC2)nn1. The van der Waals surface area contributed by atoms with E-state index in [2.05, 4.69) is 33.4 Å². The van der Waals surface area contributed by atoms with Crippen molar-refractivity contribution in [1.29, 1.82) is 0 Å². The van der Waals surface area contributed by atoms with Gasteiger partial charge in [-0.2, -0.15) is 0 Å². The molecule has 4 rings (SSSR count). The second-order valence-electron chi connectivity index (χ2n) is 7.65. The molecule has 158 valence electrons. The van der Waals surface area contributed by atoms with Crippen molar-refractivity contribution in [3.63, 3.8) is 0 Å². The van der Waals surface area contributed by atoms with Crippen molar-refractivity contribution in [1.82, 2.24) is 10.2 Å². The summed E-state index contributed by atoms with van der Waals surface area (Å²) in [6.07, 6.45) is 1.42. The molecule has 0 bridgehead atoms. The number of nitrogens with zero attached hydrogens (tertiary/aromatic N) is 4. The van der Waals surface area contributed by atoms with Crippen molar-refractivity contribution in [3.05, 3.63) is 76.3 Å². The first-order chi connectivity index (χ1) is 15.0. The molecule has 1 aromatic heterocycles. The number of amides is 1. The van der Waals surface area contributed by atoms with Gasteiger partial charge < -0.3 is 10.2 Å². The maximum absolute atomic E-state index is 12.6. The Labute approximate surface area is 180 Å². The molecule has 0 radical (unpaired) electrons. The number of aromatic nitrogens is 2. The highest BCUT2D eigenvalue weighted by molar-refractivity contribution is 5.92. The molecule has 1 amide bonds. The van der Waals surface area contributed by atoms with Gasteiger partial charge in [-0.05, 0) is 49.6 Å². The molecule has 8 heteroatoms. The van der Waals surface area contributed by atoms with Gasteiger partial charge in [-0.15, -0.1) is 10.2 Å². The second kappa shape index (κ2) is 8.91. The monoisotopic (exact) mass is 417 g/mol. The fourth-order valence-corrected chi connectivity index (χ4v) is 3.78. The van der Waals surface area contributed by atoms with Crippen molar-refractivity contribution < 1.29 is 9.72 Å². The molecule has 2 aromatic carbocycles. The molecule has 1 fully saturated rings. The van der Waals surface area contributed by atoms with Gasteiger partial charge in [0.25, 0.3) is 5.69 Å². The third-order valence-corrected chi connectivity index (χ3v) is 5.61. The minimum Gasteiger partial charge on any atom is -0.355 e. The molecule has 0 unspecified atom stereocenters. The summed E-state index contributed by atoms with van der Waals surface area (Å²) in [5.74, 6) is 0.645. The number of nitro groups is 1. The number of nitro benzene ring substituents is 1. The average Bonchev–Trinajstić information content (AvgIpc) is 2.80. The summed E-state index contributed by atoms with van der Waals surface area (Å²) in [7, 11) is 0. The van der Waals surface area contributed by atoms with E-state index in [9.17, 15) is 14.9 Å². The number of benzene rings is 2. The zero-order chi connectivity index (χ0) is 21.8. The van der Waals surface area contributed by atoms with Gasteiger partial charge in [-0.1, -0.05) is 24.3 Å². The van der Waals surface area contributed by atoms with Crippen LogP contribution >= 0.6 is 0 Å². The Bertz CT molecular complexity index is 1080. The number of carbonyl (C=O) groups excluding carboxylic acids is 1. The lowest BCUT2D eigenvalue weighted by molar-refractivity contribution is -0.384. The minimum absolute atomic E-state index is 0.000796. The van der Waals surface area contributed by atoms with E-state index in [1.54, 1.807) is 12.1 Å². The predicted octanol–water partition coefficient (Wildman–Crippen LogP) is 4.22. The number of anilines is 2. The highest BCUT2D eigenvalue weighted by Gasteiger charge is 2.26. The molecule has 0 aliphatic carbocycles. The van der Waals surface area contributed by atoms with Crippen LogP contribution in [-0.2, 0) is 4.79 Å². The number of hydrogen-bond donors (Lipinski definition) is 1. The summed E-state index contributed by atoms with van der Waals surface area (Å²) in [5, 5.41) is 22.4. The van der Waals surface area contributed by atoms with Crippen LogP contribution in [0.1, 0.15) is 18.4 Å². The lowest BCUT2D eigenvalue weighted by atomic mass is 9.95. The molecule has 1 saturated heterocycles. The van der Waals surface area contributed by atoms with Crippen LogP contribution in [0.25, 0.3) is 11.3 Å². The summed E-state index contributed by atoms with van der Waals surface area (Å²) in [5.41, 5.74) is 3.64. The molecule has 0 atom stereocenters. The maximum atomic E-state index is 12.6. The predicted molar refractivity (Wildman–Crippen MR) is 119 cm³/mol. The minimum atomic E-state index is -0.461. The van der Waals surface area contributed by atoms with Gasteiger partial charge in [-0.25, -0.2) is 0 Å². The number of aryl methyl sites for hydroxylation is 1. The van der Waals surface area contributed by atoms with E-state index in [0.29, 0.717) is 18.5 Å². The molecule has 2 heterocycles. The lowest BCUT2D eigenvalue weighted by Crippen LogP contribution is -2.38. The van der Waals surface area contributed by atoms with Crippen LogP contribution in [0.15, 0.2) is 60.7 Å². The van der Waals surface area contributed by atoms with Gasteiger partial charge in [0.2, 0.25) is 5.91 Å². The molecule has 1 aliphatic heterocycles. The van der Waals surface area contributed by atoms with Gasteiger partial charge in [-0.3, -0.25) is 14.9 Å². The number of rotatable bonds is 5. The zero-order valence-corrected chi connectivity index (χ0v) is 17.2. The van der Waals surface area contributed by atoms with Crippen molar-refractivity contribution in [2.24, 2.45) is 5.92 Å². The molecule has 3 aromatic rings. The summed E-state index contributed by atoms with van der Waals surface area (Å²) in [6.45, 7) is 3.49. The molecular weight excluding hydrogens is 394 g/mol. The summed E-state index contributed by atoms with van der Waals surface area (Å²) in [4.78, 5) is 25.0. The standard InChI is InChI=1S/C23H23N5O3/c1-16-4-2-3-5-20(16)21-10-11-22(26-25-21)27-14-12-17(13-15-27)23(29)24-18-6-8-19(9-7-18)28(30)31/h2-11,17H,12-15H2,1H3,(H,24,29). The molecule has 1 aliphatic rings. The van der Waals surface area contributed by atoms with E-state index in [0.717, 1.165) is 35.7 Å². The van der Waals surface area contributed by atoms with Crippen LogP contribution in [0, 0.1) is 23.0 Å². The molecule has 31 heavy (non-hydrogen) atoms. The van der Waals surface area contributed by atoms with Crippen LogP contribution in [-0.4, -0.2) is 34.1 Å². The third-order valence-electron chi connectivity index (χ3n) is 5.61. The number of nitrogens with one attached hydrogen (secondary N) is 1. The van der Waals surface area contributed by atoms with Gasteiger partial charge in [0.1, 0.15) is 0 Å². The summed E-state index contributed by atoms with van der Waals surface area (Å²) in [6, 6.07) is 17.9. The Morgan fingerprint density at radius 1 is 1.03 bits per heavy atom. The number of carbonyl (C=O) groups is 1. The molecule has 1 N–H and O–H groups in total. The van der Waals surface area contributed by atoms with Gasteiger partial charge in [0.15, 0.2) is 5.82 Å². The topological polar surface area (TPSA) is 101 Å². The fourth-order valence-electron chi connectivity index (χ4n) is 3.78. The van der Waals surface area contributed by atoms with Crippen molar-refractivity contribution in [2.75, 3.05) is 23.3 Å². The first kappa shape index (κ1) is 20.5. The Morgan fingerprint density at radius 3 is 2.35 bits per heavy atom. The second-order valence-corrected chi connectivity index (χ2v) is 7.65. The van der Waals surface area contributed by atoms with E-state index < -0.39 is 4.92 Å². The van der Waals surface area contributed by atoms with E-state index in [1.807, 2.05) is 30.3 Å². The smallest absolute Gasteiger partial charge is 0.269 e. The van der Waals surface area contributed by atoms with Crippen molar-refractivity contribution in [2.45, 2.75) is 19.8 Å². The van der Waals surface area contributed by atoms with Crippen LogP contribution in [0.3, 0.4) is 0 Å². The van der Waals surface area contributed by atoms with Crippen molar-refractivity contribution in [3.8, 4) is 11.3 Å². The van der Waals surface area contributed by atoms with Crippen LogP contribution in [0.5, 0.6) is 0 Å². The van der Waals surface area contributed by atoms with Crippen molar-refractivity contribution >= 4 is 23.1 Å². The number of non-ortho nitro benzene ring substituents is 1. The molecule has 0 spiro atoms. The van der Waals surface area contributed by atoms with E-state index in [-0.39, 0.29) is 17.5 Å². The van der Waals surface area contributed by atoms with Crippen LogP contribution in [0.4, 0.5) is 17.2 Å². The Kier molecular flexibility index (Phi) is 5.88. The highest BCUT2D eigenvalue weighted by Crippen LogP contribution is 2.26. The van der Waals surface area contributed by atoms with Gasteiger partial charge in [0.05, 0.1) is 10.6 Å². The Morgan fingerprint density at radius 2 is 1.74 bits per heavy atom. The largest absolute Gasteiger partial charge is 0.355 e. The lowest BCUT2D eigenvalue weighted by Gasteiger charge is -2.31.